The van der Waals surface area contributed by atoms with E-state index in [0.717, 1.165) is 0 Å². The maximum Gasteiger partial charge on any atom is 0.306 e. The summed E-state index contributed by atoms with van der Waals surface area (Å²) in [6.07, 6.45) is -1.20. The van der Waals surface area contributed by atoms with Crippen molar-refractivity contribution in [3.63, 3.8) is 0 Å². The smallest absolute Gasteiger partial charge is 0.306 e. The molecule has 1 saturated carbocycles. The second-order valence-corrected chi connectivity index (χ2v) is 5.62. The minimum Gasteiger partial charge on any atom is -0.460 e. The third-order valence-electron chi connectivity index (χ3n) is 2.82. The van der Waals surface area contributed by atoms with Gasteiger partial charge in [-0.05, 0) is 33.6 Å². The molecule has 1 aliphatic carbocycles. The highest BCUT2D eigenvalue weighted by Gasteiger charge is 2.47. The van der Waals surface area contributed by atoms with Crippen molar-refractivity contribution < 1.29 is 23.4 Å². The maximum atomic E-state index is 13.5. The summed E-state index contributed by atoms with van der Waals surface area (Å²) in [7, 11) is 0. The molecule has 100 valence electrons. The van der Waals surface area contributed by atoms with Gasteiger partial charge in [0.1, 0.15) is 5.60 Å². The van der Waals surface area contributed by atoms with E-state index in [4.69, 9.17) is 4.74 Å². The van der Waals surface area contributed by atoms with Crippen molar-refractivity contribution in [2.45, 2.75) is 64.1 Å². The molecule has 0 aromatic rings. The molecule has 1 fully saturated rings. The molecule has 0 amide bonds. The third kappa shape index (κ3) is 4.22. The van der Waals surface area contributed by atoms with Crippen LogP contribution in [0.25, 0.3) is 0 Å². The van der Waals surface area contributed by atoms with Crippen molar-refractivity contribution in [1.82, 2.24) is 0 Å². The zero-order valence-electron chi connectivity index (χ0n) is 10.5. The molecule has 0 unspecified atom stereocenters. The number of halogens is 2. The first kappa shape index (κ1) is 14.4. The second kappa shape index (κ2) is 4.88. The van der Waals surface area contributed by atoms with E-state index in [9.17, 15) is 18.7 Å². The fourth-order valence-electron chi connectivity index (χ4n) is 2.06. The SMILES string of the molecule is CC(C)(C)OC(=O)C[C@@H]1[C@@H](O)CCCC1(F)F. The Kier molecular flexibility index (Phi) is 4.12. The topological polar surface area (TPSA) is 46.5 Å². The first-order chi connectivity index (χ1) is 7.62. The van der Waals surface area contributed by atoms with Gasteiger partial charge in [-0.3, -0.25) is 4.79 Å². The predicted molar refractivity (Wildman–Crippen MR) is 58.8 cm³/mol. The van der Waals surface area contributed by atoms with Gasteiger partial charge in [-0.1, -0.05) is 0 Å². The Labute approximate surface area is 100 Å². The Morgan fingerprint density at radius 3 is 2.53 bits per heavy atom. The molecule has 0 spiro atoms. The molecule has 0 aromatic carbocycles. The highest BCUT2D eigenvalue weighted by Crippen LogP contribution is 2.40. The predicted octanol–water partition coefficient (Wildman–Crippen LogP) is 2.51. The molecule has 0 radical (unpaired) electrons. The van der Waals surface area contributed by atoms with E-state index < -0.39 is 35.9 Å². The number of esters is 1. The molecule has 0 heterocycles. The lowest BCUT2D eigenvalue weighted by atomic mass is 9.81. The van der Waals surface area contributed by atoms with Gasteiger partial charge in [-0.15, -0.1) is 0 Å². The van der Waals surface area contributed by atoms with E-state index >= 15 is 0 Å². The van der Waals surface area contributed by atoms with Gasteiger partial charge in [0.2, 0.25) is 0 Å². The van der Waals surface area contributed by atoms with E-state index in [-0.39, 0.29) is 6.42 Å². The number of carbonyl (C=O) groups excluding carboxylic acids is 1. The summed E-state index contributed by atoms with van der Waals surface area (Å²) in [5, 5.41) is 9.56. The quantitative estimate of drug-likeness (QED) is 0.766. The maximum absolute atomic E-state index is 13.5. The summed E-state index contributed by atoms with van der Waals surface area (Å²) in [5.41, 5.74) is -0.689. The van der Waals surface area contributed by atoms with Crippen molar-refractivity contribution in [2.24, 2.45) is 5.92 Å². The van der Waals surface area contributed by atoms with Gasteiger partial charge in [0.15, 0.2) is 0 Å². The highest BCUT2D eigenvalue weighted by molar-refractivity contribution is 5.70. The van der Waals surface area contributed by atoms with Gasteiger partial charge in [0.25, 0.3) is 5.92 Å². The molecule has 5 heteroatoms. The number of aliphatic hydroxyl groups is 1. The lowest BCUT2D eigenvalue weighted by Crippen LogP contribution is -2.43. The number of alkyl halides is 2. The van der Waals surface area contributed by atoms with Crippen LogP contribution in [0.3, 0.4) is 0 Å². The summed E-state index contributed by atoms with van der Waals surface area (Å²) in [4.78, 5) is 11.5. The molecular formula is C12H20F2O3. The zero-order chi connectivity index (χ0) is 13.3. The fourth-order valence-corrected chi connectivity index (χ4v) is 2.06. The van der Waals surface area contributed by atoms with Gasteiger partial charge in [-0.25, -0.2) is 8.78 Å². The molecule has 0 aromatic heterocycles. The number of hydrogen-bond acceptors (Lipinski definition) is 3. The van der Waals surface area contributed by atoms with Gasteiger partial charge >= 0.3 is 5.97 Å². The standard InChI is InChI=1S/C12H20F2O3/c1-11(2,3)17-10(16)7-8-9(15)5-4-6-12(8,13)14/h8-9,15H,4-7H2,1-3H3/t8-,9+/m1/s1. The minimum absolute atomic E-state index is 0.266. The van der Waals surface area contributed by atoms with Crippen molar-refractivity contribution in [3.05, 3.63) is 0 Å². The molecule has 3 nitrogen and oxygen atoms in total. The first-order valence-electron chi connectivity index (χ1n) is 5.89. The molecule has 1 N–H and O–H groups in total. The van der Waals surface area contributed by atoms with Crippen LogP contribution in [0.5, 0.6) is 0 Å². The average Bonchev–Trinajstić information content (AvgIpc) is 2.08. The third-order valence-corrected chi connectivity index (χ3v) is 2.82. The number of ether oxygens (including phenoxy) is 1. The largest absolute Gasteiger partial charge is 0.460 e. The van der Waals surface area contributed by atoms with Gasteiger partial charge in [0, 0.05) is 6.42 Å². The Balaban J connectivity index is 2.62. The minimum atomic E-state index is -2.98. The van der Waals surface area contributed by atoms with Crippen molar-refractivity contribution in [1.29, 1.82) is 0 Å². The van der Waals surface area contributed by atoms with Crippen molar-refractivity contribution in [3.8, 4) is 0 Å². The molecule has 1 aliphatic rings. The summed E-state index contributed by atoms with van der Waals surface area (Å²) >= 11 is 0. The van der Waals surface area contributed by atoms with Gasteiger partial charge in [0.05, 0.1) is 18.4 Å². The monoisotopic (exact) mass is 250 g/mol. The average molecular weight is 250 g/mol. The van der Waals surface area contributed by atoms with E-state index in [2.05, 4.69) is 0 Å². The number of aliphatic hydroxyl groups excluding tert-OH is 1. The van der Waals surface area contributed by atoms with Crippen molar-refractivity contribution in [2.75, 3.05) is 0 Å². The molecule has 2 atom stereocenters. The molecular weight excluding hydrogens is 230 g/mol. The van der Waals surface area contributed by atoms with E-state index in [1.165, 1.54) is 0 Å². The summed E-state index contributed by atoms with van der Waals surface area (Å²) in [6, 6.07) is 0. The van der Waals surface area contributed by atoms with Crippen LogP contribution in [-0.4, -0.2) is 28.7 Å². The Morgan fingerprint density at radius 1 is 1.47 bits per heavy atom. The Bertz CT molecular complexity index is 284. The second-order valence-electron chi connectivity index (χ2n) is 5.62. The molecule has 1 rings (SSSR count). The summed E-state index contributed by atoms with van der Waals surface area (Å²) in [6.45, 7) is 5.04. The van der Waals surface area contributed by atoms with Crippen LogP contribution in [0.2, 0.25) is 0 Å². The molecule has 0 bridgehead atoms. The van der Waals surface area contributed by atoms with Crippen LogP contribution in [-0.2, 0) is 9.53 Å². The molecule has 0 saturated heterocycles. The van der Waals surface area contributed by atoms with Crippen LogP contribution in [0, 0.1) is 5.92 Å². The molecule has 0 aliphatic heterocycles. The van der Waals surface area contributed by atoms with E-state index in [0.29, 0.717) is 12.8 Å². The lowest BCUT2D eigenvalue weighted by molar-refractivity contribution is -0.171. The number of carbonyl (C=O) groups is 1. The van der Waals surface area contributed by atoms with Gasteiger partial charge in [-0.2, -0.15) is 0 Å². The van der Waals surface area contributed by atoms with E-state index in [1.807, 2.05) is 0 Å². The fraction of sp³-hybridized carbons (Fsp3) is 0.917. The molecule has 17 heavy (non-hydrogen) atoms. The normalized spacial score (nSPS) is 28.8. The van der Waals surface area contributed by atoms with Crippen LogP contribution in [0.1, 0.15) is 46.5 Å². The highest BCUT2D eigenvalue weighted by atomic mass is 19.3. The summed E-state index contributed by atoms with van der Waals surface area (Å²) in [5.74, 6) is -4.97. The Morgan fingerprint density at radius 2 is 2.06 bits per heavy atom. The number of hydrogen-bond donors (Lipinski definition) is 1. The van der Waals surface area contributed by atoms with Crippen LogP contribution in [0.15, 0.2) is 0 Å². The van der Waals surface area contributed by atoms with Crippen molar-refractivity contribution >= 4 is 5.97 Å². The van der Waals surface area contributed by atoms with E-state index in [1.54, 1.807) is 20.8 Å². The lowest BCUT2D eigenvalue weighted by Gasteiger charge is -2.35. The van der Waals surface area contributed by atoms with Gasteiger partial charge < -0.3 is 9.84 Å². The van der Waals surface area contributed by atoms with Crippen LogP contribution < -0.4 is 0 Å². The number of rotatable bonds is 2. The van der Waals surface area contributed by atoms with Crippen LogP contribution >= 0.6 is 0 Å². The first-order valence-corrected chi connectivity index (χ1v) is 5.89. The Hall–Kier alpha value is -0.710. The zero-order valence-corrected chi connectivity index (χ0v) is 10.5. The summed E-state index contributed by atoms with van der Waals surface area (Å²) < 4.78 is 32.1. The van der Waals surface area contributed by atoms with Crippen LogP contribution in [0.4, 0.5) is 8.78 Å².